The van der Waals surface area contributed by atoms with Crippen molar-refractivity contribution < 1.29 is 0 Å². The van der Waals surface area contributed by atoms with Crippen LogP contribution in [-0.2, 0) is 0 Å². The summed E-state index contributed by atoms with van der Waals surface area (Å²) in [4.78, 5) is 0. The van der Waals surface area contributed by atoms with Gasteiger partial charge >= 0.3 is 0 Å². The minimum absolute atomic E-state index is 0.638. The summed E-state index contributed by atoms with van der Waals surface area (Å²) in [5, 5.41) is 0. The molecule has 0 N–H and O–H groups in total. The molecule has 0 heteroatoms. The van der Waals surface area contributed by atoms with Crippen LogP contribution in [0.1, 0.15) is 34.6 Å². The first-order chi connectivity index (χ1) is 5.49. The Morgan fingerprint density at radius 3 is 2.00 bits per heavy atom. The van der Waals surface area contributed by atoms with Gasteiger partial charge in [0.2, 0.25) is 0 Å². The topological polar surface area (TPSA) is 0 Å². The monoisotopic (exact) mass is 164 g/mol. The maximum Gasteiger partial charge on any atom is -0.0257 e. The molecule has 0 bridgehead atoms. The van der Waals surface area contributed by atoms with Crippen LogP contribution in [-0.4, -0.2) is 0 Å². The summed E-state index contributed by atoms with van der Waals surface area (Å²) in [7, 11) is 0. The molecule has 0 heterocycles. The normalized spacial score (nSPS) is 14.7. The highest BCUT2D eigenvalue weighted by Crippen LogP contribution is 2.15. The molecule has 0 fully saturated rings. The zero-order valence-electron chi connectivity index (χ0n) is 8.94. The smallest absolute Gasteiger partial charge is 0.0257 e. The lowest BCUT2D eigenvalue weighted by Gasteiger charge is -2.08. The van der Waals surface area contributed by atoms with E-state index in [4.69, 9.17) is 0 Å². The molecule has 0 rings (SSSR count). The number of allylic oxidation sites excluding steroid dienone is 5. The van der Waals surface area contributed by atoms with E-state index >= 15 is 0 Å². The van der Waals surface area contributed by atoms with E-state index in [1.165, 1.54) is 16.7 Å². The van der Waals surface area contributed by atoms with Gasteiger partial charge in [0.25, 0.3) is 0 Å². The highest BCUT2D eigenvalue weighted by molar-refractivity contribution is 5.30. The van der Waals surface area contributed by atoms with Crippen molar-refractivity contribution >= 4 is 0 Å². The van der Waals surface area contributed by atoms with Crippen LogP contribution < -0.4 is 0 Å². The maximum atomic E-state index is 3.73. The molecule has 0 aromatic heterocycles. The van der Waals surface area contributed by atoms with Gasteiger partial charge in [-0.2, -0.15) is 0 Å². The van der Waals surface area contributed by atoms with Gasteiger partial charge in [-0.1, -0.05) is 49.3 Å². The minimum Gasteiger partial charge on any atom is -0.0988 e. The first-order valence-corrected chi connectivity index (χ1v) is 4.47. The first kappa shape index (κ1) is 11.2. The highest BCUT2D eigenvalue weighted by Gasteiger charge is 1.98. The quantitative estimate of drug-likeness (QED) is 0.551. The molecule has 0 amide bonds. The molecule has 0 saturated carbocycles. The van der Waals surface area contributed by atoms with Crippen molar-refractivity contribution in [3.05, 3.63) is 35.5 Å². The van der Waals surface area contributed by atoms with Crippen molar-refractivity contribution in [2.24, 2.45) is 5.92 Å². The standard InChI is InChI=1S/C12H20/c1-7-10(4)8-11(5)12(6)9(2)3/h7-9H,1H2,2-6H3/b10-8-,12-11+. The molecule has 0 aromatic carbocycles. The number of rotatable bonds is 3. The molecule has 68 valence electrons. The van der Waals surface area contributed by atoms with E-state index in [0.29, 0.717) is 5.92 Å². The largest absolute Gasteiger partial charge is 0.0988 e. The fourth-order valence-corrected chi connectivity index (χ4v) is 0.970. The van der Waals surface area contributed by atoms with Crippen molar-refractivity contribution in [1.29, 1.82) is 0 Å². The summed E-state index contributed by atoms with van der Waals surface area (Å²) in [6.07, 6.45) is 4.07. The van der Waals surface area contributed by atoms with Crippen molar-refractivity contribution in [2.75, 3.05) is 0 Å². The van der Waals surface area contributed by atoms with Gasteiger partial charge in [-0.15, -0.1) is 0 Å². The fourth-order valence-electron chi connectivity index (χ4n) is 0.970. The average Bonchev–Trinajstić information content (AvgIpc) is 2.02. The third kappa shape index (κ3) is 3.56. The minimum atomic E-state index is 0.638. The van der Waals surface area contributed by atoms with Crippen LogP contribution in [0.3, 0.4) is 0 Å². The molecule has 0 nitrogen and oxygen atoms in total. The Balaban J connectivity index is 4.68. The molecule has 0 spiro atoms. The first-order valence-electron chi connectivity index (χ1n) is 4.47. The van der Waals surface area contributed by atoms with Crippen LogP contribution in [0.2, 0.25) is 0 Å². The second kappa shape index (κ2) is 4.97. The Labute approximate surface area is 76.7 Å². The van der Waals surface area contributed by atoms with Crippen LogP contribution in [0, 0.1) is 5.92 Å². The zero-order valence-corrected chi connectivity index (χ0v) is 8.94. The Bertz CT molecular complexity index is 214. The SMILES string of the molecule is C=C/C(C)=C\C(C)=C(/C)C(C)C. The van der Waals surface area contributed by atoms with E-state index in [2.05, 4.69) is 47.3 Å². The maximum absolute atomic E-state index is 3.73. The number of hydrogen-bond acceptors (Lipinski definition) is 0. The van der Waals surface area contributed by atoms with Gasteiger partial charge in [0.05, 0.1) is 0 Å². The molecule has 0 radical (unpaired) electrons. The molecule has 0 aliphatic heterocycles. The predicted octanol–water partition coefficient (Wildman–Crippen LogP) is 4.11. The van der Waals surface area contributed by atoms with Gasteiger partial charge < -0.3 is 0 Å². The van der Waals surface area contributed by atoms with Crippen LogP contribution in [0.5, 0.6) is 0 Å². The molecule has 12 heavy (non-hydrogen) atoms. The molecular formula is C12H20. The van der Waals surface area contributed by atoms with Crippen LogP contribution in [0.25, 0.3) is 0 Å². The Morgan fingerprint density at radius 2 is 1.67 bits per heavy atom. The van der Waals surface area contributed by atoms with Crippen LogP contribution in [0.4, 0.5) is 0 Å². The Hall–Kier alpha value is -0.780. The molecule has 0 saturated heterocycles. The molecule has 0 aromatic rings. The molecule has 0 aliphatic rings. The third-order valence-corrected chi connectivity index (χ3v) is 2.25. The molecule has 0 atom stereocenters. The van der Waals surface area contributed by atoms with Gasteiger partial charge in [0, 0.05) is 0 Å². The Kier molecular flexibility index (Phi) is 4.65. The lowest BCUT2D eigenvalue weighted by atomic mass is 9.99. The second-order valence-electron chi connectivity index (χ2n) is 3.61. The van der Waals surface area contributed by atoms with E-state index in [-0.39, 0.29) is 0 Å². The van der Waals surface area contributed by atoms with Crippen molar-refractivity contribution in [2.45, 2.75) is 34.6 Å². The fraction of sp³-hybridized carbons (Fsp3) is 0.500. The number of hydrogen-bond donors (Lipinski definition) is 0. The predicted molar refractivity (Wildman–Crippen MR) is 57.2 cm³/mol. The Morgan fingerprint density at radius 1 is 1.17 bits per heavy atom. The highest BCUT2D eigenvalue weighted by atomic mass is 14.0. The van der Waals surface area contributed by atoms with Crippen LogP contribution >= 0.6 is 0 Å². The van der Waals surface area contributed by atoms with E-state index in [1.807, 2.05) is 6.08 Å². The summed E-state index contributed by atoms with van der Waals surface area (Å²) < 4.78 is 0. The van der Waals surface area contributed by atoms with Gasteiger partial charge in [0.1, 0.15) is 0 Å². The summed E-state index contributed by atoms with van der Waals surface area (Å²) in [5.41, 5.74) is 4.05. The summed E-state index contributed by atoms with van der Waals surface area (Å²) in [5.74, 6) is 0.638. The molecular weight excluding hydrogens is 144 g/mol. The molecule has 0 unspecified atom stereocenters. The van der Waals surface area contributed by atoms with E-state index in [9.17, 15) is 0 Å². The van der Waals surface area contributed by atoms with E-state index in [0.717, 1.165) is 0 Å². The zero-order chi connectivity index (χ0) is 9.72. The van der Waals surface area contributed by atoms with Crippen molar-refractivity contribution in [1.82, 2.24) is 0 Å². The lowest BCUT2D eigenvalue weighted by molar-refractivity contribution is 0.760. The van der Waals surface area contributed by atoms with Crippen molar-refractivity contribution in [3.8, 4) is 0 Å². The lowest BCUT2D eigenvalue weighted by Crippen LogP contribution is -1.91. The average molecular weight is 164 g/mol. The van der Waals surface area contributed by atoms with Gasteiger partial charge in [0.15, 0.2) is 0 Å². The van der Waals surface area contributed by atoms with Gasteiger partial charge in [-0.25, -0.2) is 0 Å². The second-order valence-corrected chi connectivity index (χ2v) is 3.61. The summed E-state index contributed by atoms with van der Waals surface area (Å²) in [6, 6.07) is 0. The molecule has 0 aliphatic carbocycles. The van der Waals surface area contributed by atoms with Gasteiger partial charge in [-0.3, -0.25) is 0 Å². The third-order valence-electron chi connectivity index (χ3n) is 2.25. The summed E-state index contributed by atoms with van der Waals surface area (Å²) in [6.45, 7) is 14.6. The van der Waals surface area contributed by atoms with Crippen LogP contribution in [0.15, 0.2) is 35.5 Å². The van der Waals surface area contributed by atoms with E-state index < -0.39 is 0 Å². The van der Waals surface area contributed by atoms with Crippen molar-refractivity contribution in [3.63, 3.8) is 0 Å². The van der Waals surface area contributed by atoms with Gasteiger partial charge in [-0.05, 0) is 26.7 Å². The van der Waals surface area contributed by atoms with E-state index in [1.54, 1.807) is 0 Å². The summed E-state index contributed by atoms with van der Waals surface area (Å²) >= 11 is 0.